The predicted molar refractivity (Wildman–Crippen MR) is 77.2 cm³/mol. The molecule has 1 aromatic rings. The zero-order valence-corrected chi connectivity index (χ0v) is 12.5. The Labute approximate surface area is 117 Å². The molecule has 0 aromatic heterocycles. The molecular weight excluding hydrogens is 293 g/mol. The van der Waals surface area contributed by atoms with Crippen LogP contribution in [0.1, 0.15) is 38.2 Å². The van der Waals surface area contributed by atoms with E-state index in [1.165, 1.54) is 19.3 Å². The Morgan fingerprint density at radius 1 is 1.39 bits per heavy atom. The normalized spacial score (nSPS) is 17.5. The van der Waals surface area contributed by atoms with Gasteiger partial charge in [0.1, 0.15) is 5.82 Å². The molecule has 1 aliphatic carbocycles. The second-order valence-electron chi connectivity index (χ2n) is 5.44. The van der Waals surface area contributed by atoms with Gasteiger partial charge in [0.05, 0.1) is 0 Å². The molecule has 1 saturated carbocycles. The fourth-order valence-corrected chi connectivity index (χ4v) is 3.11. The average Bonchev–Trinajstić information content (AvgIpc) is 2.30. The minimum absolute atomic E-state index is 0.0695. The molecule has 1 aliphatic rings. The number of hydrogen-bond donors (Lipinski definition) is 1. The standard InChI is InChI=1S/C15H21BrFN/c1-2-8-18-11-15(6-3-7-15)10-12-9-13(16)4-5-14(12)17/h4-5,9,18H,2-3,6-8,10-11H2,1H3. The van der Waals surface area contributed by atoms with Crippen molar-refractivity contribution in [3.8, 4) is 0 Å². The fourth-order valence-electron chi connectivity index (χ4n) is 2.71. The molecule has 1 N–H and O–H groups in total. The highest BCUT2D eigenvalue weighted by atomic mass is 79.9. The van der Waals surface area contributed by atoms with Gasteiger partial charge >= 0.3 is 0 Å². The molecule has 0 unspecified atom stereocenters. The largest absolute Gasteiger partial charge is 0.316 e. The van der Waals surface area contributed by atoms with Crippen molar-refractivity contribution in [2.75, 3.05) is 13.1 Å². The number of halogens is 2. The first-order valence-corrected chi connectivity index (χ1v) is 7.59. The number of nitrogens with one attached hydrogen (secondary N) is 1. The average molecular weight is 314 g/mol. The van der Waals surface area contributed by atoms with Gasteiger partial charge in [-0.1, -0.05) is 29.3 Å². The van der Waals surface area contributed by atoms with E-state index in [0.717, 1.165) is 36.0 Å². The van der Waals surface area contributed by atoms with Crippen molar-refractivity contribution >= 4 is 15.9 Å². The maximum atomic E-state index is 13.8. The Morgan fingerprint density at radius 3 is 2.78 bits per heavy atom. The minimum atomic E-state index is -0.0695. The van der Waals surface area contributed by atoms with Crippen molar-refractivity contribution in [1.29, 1.82) is 0 Å². The quantitative estimate of drug-likeness (QED) is 0.772. The summed E-state index contributed by atoms with van der Waals surface area (Å²) in [6, 6.07) is 5.25. The number of rotatable bonds is 6. The summed E-state index contributed by atoms with van der Waals surface area (Å²) in [4.78, 5) is 0. The first-order chi connectivity index (χ1) is 8.65. The summed E-state index contributed by atoms with van der Waals surface area (Å²) in [5, 5.41) is 3.50. The van der Waals surface area contributed by atoms with Gasteiger partial charge in [-0.05, 0) is 61.4 Å². The Hall–Kier alpha value is -0.410. The second-order valence-corrected chi connectivity index (χ2v) is 6.36. The van der Waals surface area contributed by atoms with E-state index in [1.54, 1.807) is 12.1 Å². The van der Waals surface area contributed by atoms with Gasteiger partial charge in [0.15, 0.2) is 0 Å². The summed E-state index contributed by atoms with van der Waals surface area (Å²) in [5.41, 5.74) is 1.14. The van der Waals surface area contributed by atoms with Crippen LogP contribution in [0, 0.1) is 11.2 Å². The maximum Gasteiger partial charge on any atom is 0.126 e. The Morgan fingerprint density at radius 2 is 2.17 bits per heavy atom. The van der Waals surface area contributed by atoms with E-state index in [4.69, 9.17) is 0 Å². The lowest BCUT2D eigenvalue weighted by Crippen LogP contribution is -2.42. The van der Waals surface area contributed by atoms with Gasteiger partial charge in [0.2, 0.25) is 0 Å². The van der Waals surface area contributed by atoms with Crippen LogP contribution in [-0.4, -0.2) is 13.1 Å². The summed E-state index contributed by atoms with van der Waals surface area (Å²) in [6.07, 6.45) is 5.73. The molecule has 18 heavy (non-hydrogen) atoms. The third-order valence-electron chi connectivity index (χ3n) is 3.91. The number of benzene rings is 1. The van der Waals surface area contributed by atoms with Crippen molar-refractivity contribution in [1.82, 2.24) is 5.32 Å². The van der Waals surface area contributed by atoms with Gasteiger partial charge in [-0.15, -0.1) is 0 Å². The van der Waals surface area contributed by atoms with E-state index < -0.39 is 0 Å². The fraction of sp³-hybridized carbons (Fsp3) is 0.600. The van der Waals surface area contributed by atoms with Gasteiger partial charge in [-0.2, -0.15) is 0 Å². The smallest absolute Gasteiger partial charge is 0.126 e. The van der Waals surface area contributed by atoms with E-state index >= 15 is 0 Å². The highest BCUT2D eigenvalue weighted by Gasteiger charge is 2.37. The summed E-state index contributed by atoms with van der Waals surface area (Å²) in [5.74, 6) is -0.0695. The van der Waals surface area contributed by atoms with Gasteiger partial charge in [-0.25, -0.2) is 4.39 Å². The molecule has 1 nitrogen and oxygen atoms in total. The minimum Gasteiger partial charge on any atom is -0.316 e. The van der Waals surface area contributed by atoms with Crippen LogP contribution >= 0.6 is 15.9 Å². The molecule has 0 amide bonds. The molecule has 1 fully saturated rings. The first-order valence-electron chi connectivity index (χ1n) is 6.80. The molecule has 3 heteroatoms. The highest BCUT2D eigenvalue weighted by Crippen LogP contribution is 2.43. The summed E-state index contributed by atoms with van der Waals surface area (Å²) < 4.78 is 14.8. The molecule has 0 saturated heterocycles. The monoisotopic (exact) mass is 313 g/mol. The third kappa shape index (κ3) is 3.33. The Balaban J connectivity index is 2.03. The van der Waals surface area contributed by atoms with Crippen LogP contribution in [0.5, 0.6) is 0 Å². The van der Waals surface area contributed by atoms with Crippen LogP contribution in [0.25, 0.3) is 0 Å². The summed E-state index contributed by atoms with van der Waals surface area (Å²) in [6.45, 7) is 4.25. The van der Waals surface area contributed by atoms with E-state index in [9.17, 15) is 4.39 Å². The third-order valence-corrected chi connectivity index (χ3v) is 4.41. The topological polar surface area (TPSA) is 12.0 Å². The molecule has 0 aliphatic heterocycles. The molecule has 0 spiro atoms. The van der Waals surface area contributed by atoms with Gasteiger partial charge in [0, 0.05) is 11.0 Å². The zero-order valence-electron chi connectivity index (χ0n) is 10.9. The van der Waals surface area contributed by atoms with Crippen LogP contribution in [-0.2, 0) is 6.42 Å². The molecule has 100 valence electrons. The van der Waals surface area contributed by atoms with Crippen molar-refractivity contribution in [2.24, 2.45) is 5.41 Å². The van der Waals surface area contributed by atoms with E-state index in [0.29, 0.717) is 0 Å². The molecule has 1 aromatic carbocycles. The van der Waals surface area contributed by atoms with Crippen LogP contribution in [0.2, 0.25) is 0 Å². The van der Waals surface area contributed by atoms with Crippen LogP contribution in [0.15, 0.2) is 22.7 Å². The molecule has 0 atom stereocenters. The Bertz CT molecular complexity index is 401. The lowest BCUT2D eigenvalue weighted by molar-refractivity contribution is 0.129. The Kier molecular flexibility index (Phi) is 4.79. The summed E-state index contributed by atoms with van der Waals surface area (Å²) in [7, 11) is 0. The van der Waals surface area contributed by atoms with Gasteiger partial charge < -0.3 is 5.32 Å². The van der Waals surface area contributed by atoms with Crippen LogP contribution in [0.3, 0.4) is 0 Å². The first kappa shape index (κ1) is 14.0. The van der Waals surface area contributed by atoms with Crippen molar-refractivity contribution in [2.45, 2.75) is 39.0 Å². The maximum absolute atomic E-state index is 13.8. The molecule has 2 rings (SSSR count). The van der Waals surface area contributed by atoms with Crippen molar-refractivity contribution in [3.63, 3.8) is 0 Å². The van der Waals surface area contributed by atoms with Crippen LogP contribution < -0.4 is 5.32 Å². The molecule has 0 radical (unpaired) electrons. The van der Waals surface area contributed by atoms with Gasteiger partial charge in [0.25, 0.3) is 0 Å². The van der Waals surface area contributed by atoms with E-state index in [2.05, 4.69) is 28.2 Å². The molecule has 0 heterocycles. The van der Waals surface area contributed by atoms with Crippen molar-refractivity contribution in [3.05, 3.63) is 34.1 Å². The molecule has 0 bridgehead atoms. The lowest BCUT2D eigenvalue weighted by atomic mass is 9.65. The van der Waals surface area contributed by atoms with Gasteiger partial charge in [-0.3, -0.25) is 0 Å². The summed E-state index contributed by atoms with van der Waals surface area (Å²) >= 11 is 3.43. The highest BCUT2D eigenvalue weighted by molar-refractivity contribution is 9.10. The second kappa shape index (κ2) is 6.16. The number of hydrogen-bond acceptors (Lipinski definition) is 1. The van der Waals surface area contributed by atoms with E-state index in [1.807, 2.05) is 6.07 Å². The zero-order chi connectivity index (χ0) is 13.0. The van der Waals surface area contributed by atoms with Crippen molar-refractivity contribution < 1.29 is 4.39 Å². The van der Waals surface area contributed by atoms with Crippen LogP contribution in [0.4, 0.5) is 4.39 Å². The SMILES string of the molecule is CCCNCC1(Cc2cc(Br)ccc2F)CCC1. The molecular formula is C15H21BrFN. The predicted octanol–water partition coefficient (Wildman–Crippen LogP) is 4.30. The lowest BCUT2D eigenvalue weighted by Gasteiger charge is -2.42. The van der Waals surface area contributed by atoms with E-state index in [-0.39, 0.29) is 11.2 Å².